The molecular formula is C10H8N4O2. The lowest BCUT2D eigenvalue weighted by Gasteiger charge is -1.96. The van der Waals surface area contributed by atoms with E-state index < -0.39 is 4.92 Å². The largest absolute Gasteiger partial charge is 0.285 e. The molecule has 6 heteroatoms. The second-order valence-corrected chi connectivity index (χ2v) is 2.97. The molecule has 0 atom stereocenters. The van der Waals surface area contributed by atoms with E-state index >= 15 is 0 Å². The Labute approximate surface area is 91.7 Å². The summed E-state index contributed by atoms with van der Waals surface area (Å²) in [4.78, 5) is 12.8. The SMILES string of the molecule is Cc1ccc(C#CCN=[N+]=[N-])c([N+](=O)[O-])c1. The van der Waals surface area contributed by atoms with E-state index in [0.717, 1.165) is 5.56 Å². The van der Waals surface area contributed by atoms with Gasteiger partial charge in [0.05, 0.1) is 11.5 Å². The molecule has 0 bridgehead atoms. The molecule has 0 fully saturated rings. The van der Waals surface area contributed by atoms with E-state index in [2.05, 4.69) is 21.9 Å². The van der Waals surface area contributed by atoms with Crippen LogP contribution in [0.2, 0.25) is 0 Å². The molecule has 0 heterocycles. The normalized spacial score (nSPS) is 8.56. The molecule has 0 aliphatic heterocycles. The molecule has 0 amide bonds. The highest BCUT2D eigenvalue weighted by molar-refractivity contribution is 5.52. The van der Waals surface area contributed by atoms with Gasteiger partial charge < -0.3 is 0 Å². The van der Waals surface area contributed by atoms with Crippen molar-refractivity contribution in [3.63, 3.8) is 0 Å². The van der Waals surface area contributed by atoms with Crippen molar-refractivity contribution in [3.05, 3.63) is 49.9 Å². The highest BCUT2D eigenvalue weighted by atomic mass is 16.6. The minimum absolute atomic E-state index is 0.00152. The molecule has 1 aromatic rings. The molecule has 1 rings (SSSR count). The second-order valence-electron chi connectivity index (χ2n) is 2.97. The Bertz CT molecular complexity index is 521. The predicted octanol–water partition coefficient (Wildman–Crippen LogP) is 2.57. The molecule has 0 radical (unpaired) electrons. The van der Waals surface area contributed by atoms with Gasteiger partial charge in [-0.15, -0.1) is 0 Å². The second kappa shape index (κ2) is 5.39. The van der Waals surface area contributed by atoms with Gasteiger partial charge in [-0.3, -0.25) is 10.1 Å². The summed E-state index contributed by atoms with van der Waals surface area (Å²) in [6.45, 7) is 1.77. The number of rotatable bonds is 2. The summed E-state index contributed by atoms with van der Waals surface area (Å²) in [5.74, 6) is 5.14. The van der Waals surface area contributed by atoms with Crippen LogP contribution < -0.4 is 0 Å². The van der Waals surface area contributed by atoms with Crippen LogP contribution in [-0.2, 0) is 0 Å². The van der Waals surface area contributed by atoms with Gasteiger partial charge in [-0.05, 0) is 24.1 Å². The average molecular weight is 216 g/mol. The molecule has 0 aliphatic carbocycles. The van der Waals surface area contributed by atoms with Gasteiger partial charge in [0.25, 0.3) is 5.69 Å². The van der Waals surface area contributed by atoms with Crippen LogP contribution in [-0.4, -0.2) is 11.5 Å². The molecule has 16 heavy (non-hydrogen) atoms. The first-order valence-electron chi connectivity index (χ1n) is 4.40. The van der Waals surface area contributed by atoms with E-state index in [1.807, 2.05) is 0 Å². The van der Waals surface area contributed by atoms with Crippen molar-refractivity contribution < 1.29 is 4.92 Å². The topological polar surface area (TPSA) is 91.9 Å². The lowest BCUT2D eigenvalue weighted by molar-refractivity contribution is -0.385. The smallest absolute Gasteiger partial charge is 0.258 e. The average Bonchev–Trinajstić information content (AvgIpc) is 2.26. The first kappa shape index (κ1) is 11.6. The monoisotopic (exact) mass is 216 g/mol. The fourth-order valence-corrected chi connectivity index (χ4v) is 1.10. The summed E-state index contributed by atoms with van der Waals surface area (Å²) in [6, 6.07) is 4.78. The van der Waals surface area contributed by atoms with Crippen molar-refractivity contribution in [1.82, 2.24) is 0 Å². The van der Waals surface area contributed by atoms with Gasteiger partial charge in [-0.1, -0.05) is 23.0 Å². The zero-order chi connectivity index (χ0) is 12.0. The number of nitrogens with zero attached hydrogens (tertiary/aromatic N) is 4. The van der Waals surface area contributed by atoms with E-state index in [-0.39, 0.29) is 12.2 Å². The number of hydrogen-bond acceptors (Lipinski definition) is 3. The molecule has 0 N–H and O–H groups in total. The van der Waals surface area contributed by atoms with Crippen LogP contribution in [0.4, 0.5) is 5.69 Å². The zero-order valence-corrected chi connectivity index (χ0v) is 8.54. The molecule has 6 nitrogen and oxygen atoms in total. The number of nitro groups is 1. The Morgan fingerprint density at radius 1 is 1.62 bits per heavy atom. The highest BCUT2D eigenvalue weighted by Gasteiger charge is 2.11. The Morgan fingerprint density at radius 2 is 2.38 bits per heavy atom. The Morgan fingerprint density at radius 3 is 3.00 bits per heavy atom. The summed E-state index contributed by atoms with van der Waals surface area (Å²) in [7, 11) is 0. The summed E-state index contributed by atoms with van der Waals surface area (Å²) in [6.07, 6.45) is 0. The number of benzene rings is 1. The van der Waals surface area contributed by atoms with Gasteiger partial charge in [0.1, 0.15) is 5.56 Å². The lowest BCUT2D eigenvalue weighted by atomic mass is 10.1. The number of hydrogen-bond donors (Lipinski definition) is 0. The Hall–Kier alpha value is -2.51. The number of azide groups is 1. The summed E-state index contributed by atoms with van der Waals surface area (Å²) >= 11 is 0. The van der Waals surface area contributed by atoms with Gasteiger partial charge in [-0.25, -0.2) is 0 Å². The quantitative estimate of drug-likeness (QED) is 0.190. The first-order valence-corrected chi connectivity index (χ1v) is 4.40. The number of aryl methyl sites for hydroxylation is 1. The van der Waals surface area contributed by atoms with Gasteiger partial charge in [0.2, 0.25) is 0 Å². The van der Waals surface area contributed by atoms with E-state index in [0.29, 0.717) is 5.56 Å². The predicted molar refractivity (Wildman–Crippen MR) is 58.7 cm³/mol. The molecule has 1 aromatic carbocycles. The fourth-order valence-electron chi connectivity index (χ4n) is 1.10. The maximum Gasteiger partial charge on any atom is 0.285 e. The van der Waals surface area contributed by atoms with Gasteiger partial charge in [-0.2, -0.15) is 0 Å². The first-order chi connectivity index (χ1) is 7.65. The molecule has 0 unspecified atom stereocenters. The minimum atomic E-state index is -0.482. The van der Waals surface area contributed by atoms with Crippen molar-refractivity contribution in [2.75, 3.05) is 6.54 Å². The third-order valence-corrected chi connectivity index (χ3v) is 1.79. The summed E-state index contributed by atoms with van der Waals surface area (Å²) in [5, 5.41) is 13.9. The van der Waals surface area contributed by atoms with Crippen LogP contribution in [0, 0.1) is 28.9 Å². The maximum absolute atomic E-state index is 10.7. The van der Waals surface area contributed by atoms with E-state index in [4.69, 9.17) is 5.53 Å². The van der Waals surface area contributed by atoms with Gasteiger partial charge in [0.15, 0.2) is 0 Å². The fraction of sp³-hybridized carbons (Fsp3) is 0.200. The molecule has 0 aromatic heterocycles. The summed E-state index contributed by atoms with van der Waals surface area (Å²) < 4.78 is 0. The molecule has 80 valence electrons. The molecule has 0 saturated carbocycles. The van der Waals surface area contributed by atoms with E-state index in [1.165, 1.54) is 6.07 Å². The zero-order valence-electron chi connectivity index (χ0n) is 8.54. The van der Waals surface area contributed by atoms with Crippen molar-refractivity contribution >= 4 is 5.69 Å². The van der Waals surface area contributed by atoms with Crippen molar-refractivity contribution in [2.24, 2.45) is 5.11 Å². The molecular weight excluding hydrogens is 208 g/mol. The highest BCUT2D eigenvalue weighted by Crippen LogP contribution is 2.18. The van der Waals surface area contributed by atoms with Crippen molar-refractivity contribution in [3.8, 4) is 11.8 Å². The third-order valence-electron chi connectivity index (χ3n) is 1.79. The van der Waals surface area contributed by atoms with Crippen LogP contribution in [0.3, 0.4) is 0 Å². The van der Waals surface area contributed by atoms with Crippen LogP contribution in [0.1, 0.15) is 11.1 Å². The number of nitro benzene ring substituents is 1. The molecule has 0 aliphatic rings. The summed E-state index contributed by atoms with van der Waals surface area (Å²) in [5.41, 5.74) is 9.11. The van der Waals surface area contributed by atoms with E-state index in [1.54, 1.807) is 19.1 Å². The van der Waals surface area contributed by atoms with Crippen molar-refractivity contribution in [1.29, 1.82) is 0 Å². The standard InChI is InChI=1S/C10H8N4O2/c1-8-4-5-9(3-2-6-12-13-11)10(7-8)14(15)16/h4-5,7H,6H2,1H3. The van der Waals surface area contributed by atoms with E-state index in [9.17, 15) is 10.1 Å². The van der Waals surface area contributed by atoms with Crippen LogP contribution in [0.15, 0.2) is 23.3 Å². The van der Waals surface area contributed by atoms with Gasteiger partial charge in [0, 0.05) is 11.0 Å². The molecule has 0 saturated heterocycles. The lowest BCUT2D eigenvalue weighted by Crippen LogP contribution is -1.92. The maximum atomic E-state index is 10.7. The van der Waals surface area contributed by atoms with Gasteiger partial charge >= 0.3 is 0 Å². The van der Waals surface area contributed by atoms with Crippen LogP contribution in [0.5, 0.6) is 0 Å². The Balaban J connectivity index is 3.06. The Kier molecular flexibility index (Phi) is 3.90. The van der Waals surface area contributed by atoms with Crippen LogP contribution >= 0.6 is 0 Å². The molecule has 0 spiro atoms. The minimum Gasteiger partial charge on any atom is -0.258 e. The van der Waals surface area contributed by atoms with Crippen molar-refractivity contribution in [2.45, 2.75) is 6.92 Å². The third kappa shape index (κ3) is 3.01. The van der Waals surface area contributed by atoms with Crippen LogP contribution in [0.25, 0.3) is 10.4 Å².